The Morgan fingerprint density at radius 1 is 0.368 bits per heavy atom. The zero-order chi connectivity index (χ0) is 39.0. The van der Waals surface area contributed by atoms with E-state index in [4.69, 9.17) is 11.1 Å². The van der Waals surface area contributed by atoms with Gasteiger partial charge in [0.15, 0.2) is 0 Å². The van der Waals surface area contributed by atoms with Crippen molar-refractivity contribution in [2.24, 2.45) is 0 Å². The topological polar surface area (TPSA) is 86.6 Å². The third-order valence-electron chi connectivity index (χ3n) is 10.1. The standard InChI is InChI=1S/C42H30N2.C11H10N2/c43-39-28-33(40-34(29-15-5-1-6-16-29)23-13-24-35(40)30-17-7-2-8-18-30)27-38(42(39)44)41-36(31-19-9-3-10-20-31)25-14-26-37(41)32-21-11-4-12-22-32;12-11-5-3-9(4-6-11)10-2-1-7-13-8-10/h1-28,43-44H;1-8H,12H2. The van der Waals surface area contributed by atoms with E-state index in [1.807, 2.05) is 97.2 Å². The molecule has 0 atom stereocenters. The Labute approximate surface area is 334 Å². The summed E-state index contributed by atoms with van der Waals surface area (Å²) in [6, 6.07) is 66.0. The Morgan fingerprint density at radius 3 is 1.21 bits per heavy atom. The summed E-state index contributed by atoms with van der Waals surface area (Å²) in [5, 5.41) is 18.4. The Bertz CT molecular complexity index is 2600. The predicted molar refractivity (Wildman–Crippen MR) is 240 cm³/mol. The molecule has 1 aromatic heterocycles. The summed E-state index contributed by atoms with van der Waals surface area (Å²) in [4.78, 5) is 4.05. The highest BCUT2D eigenvalue weighted by molar-refractivity contribution is 6.62. The minimum absolute atomic E-state index is 0.196. The highest BCUT2D eigenvalue weighted by Gasteiger charge is 2.26. The van der Waals surface area contributed by atoms with Crippen molar-refractivity contribution in [3.05, 3.63) is 230 Å². The third-order valence-corrected chi connectivity index (χ3v) is 10.1. The van der Waals surface area contributed by atoms with Gasteiger partial charge in [-0.2, -0.15) is 0 Å². The SMILES string of the molecule is N=C1C=C(c2c(-c3ccccc3)cccc2-c2ccccc2)C=C(c2c(-c3ccccc3)cccc2-c2ccccc2)C1=N.Nc1ccc(-c2cccnc2)cc1. The number of hydrogen-bond acceptors (Lipinski definition) is 4. The van der Waals surface area contributed by atoms with Crippen LogP contribution in [0.1, 0.15) is 11.1 Å². The third kappa shape index (κ3) is 7.93. The largest absolute Gasteiger partial charge is 0.399 e. The van der Waals surface area contributed by atoms with Gasteiger partial charge >= 0.3 is 0 Å². The Morgan fingerprint density at radius 2 is 0.789 bits per heavy atom. The predicted octanol–water partition coefficient (Wildman–Crippen LogP) is 13.2. The number of nitrogen functional groups attached to an aromatic ring is 1. The van der Waals surface area contributed by atoms with Crippen molar-refractivity contribution in [3.8, 4) is 55.6 Å². The van der Waals surface area contributed by atoms with E-state index in [0.717, 1.165) is 83.6 Å². The maximum absolute atomic E-state index is 9.26. The van der Waals surface area contributed by atoms with Crippen molar-refractivity contribution in [2.75, 3.05) is 5.73 Å². The van der Waals surface area contributed by atoms with E-state index in [9.17, 15) is 5.41 Å². The highest BCUT2D eigenvalue weighted by Crippen LogP contribution is 2.44. The number of nitrogens with zero attached hydrogens (tertiary/aromatic N) is 1. The molecular formula is C53H40N4. The van der Waals surface area contributed by atoms with Crippen LogP contribution in [0.4, 0.5) is 5.69 Å². The number of rotatable bonds is 7. The Hall–Kier alpha value is -7.69. The van der Waals surface area contributed by atoms with Crippen LogP contribution in [-0.4, -0.2) is 16.4 Å². The number of allylic oxidation sites excluding steroid dienone is 4. The monoisotopic (exact) mass is 732 g/mol. The van der Waals surface area contributed by atoms with Crippen LogP contribution in [0.3, 0.4) is 0 Å². The van der Waals surface area contributed by atoms with E-state index in [2.05, 4.69) is 120 Å². The summed E-state index contributed by atoms with van der Waals surface area (Å²) in [6.45, 7) is 0. The van der Waals surface area contributed by atoms with Crippen LogP contribution in [0.15, 0.2) is 219 Å². The van der Waals surface area contributed by atoms with Gasteiger partial charge in [-0.25, -0.2) is 0 Å². The number of benzene rings is 7. The molecule has 0 bridgehead atoms. The van der Waals surface area contributed by atoms with Crippen molar-refractivity contribution in [2.45, 2.75) is 0 Å². The first-order valence-corrected chi connectivity index (χ1v) is 18.9. The van der Waals surface area contributed by atoms with Crippen LogP contribution in [0.2, 0.25) is 0 Å². The fourth-order valence-electron chi connectivity index (χ4n) is 7.33. The van der Waals surface area contributed by atoms with Gasteiger partial charge in [-0.05, 0) is 103 Å². The number of pyridine rings is 1. The molecule has 57 heavy (non-hydrogen) atoms. The first-order chi connectivity index (χ1) is 28.0. The molecule has 0 aliphatic heterocycles. The van der Waals surface area contributed by atoms with Crippen molar-refractivity contribution in [1.82, 2.24) is 4.98 Å². The number of hydrogen-bond donors (Lipinski definition) is 3. The Kier molecular flexibility index (Phi) is 10.7. The van der Waals surface area contributed by atoms with E-state index >= 15 is 0 Å². The molecular weight excluding hydrogens is 693 g/mol. The van der Waals surface area contributed by atoms with E-state index in [0.29, 0.717) is 0 Å². The van der Waals surface area contributed by atoms with E-state index < -0.39 is 0 Å². The number of anilines is 1. The minimum Gasteiger partial charge on any atom is -0.399 e. The van der Waals surface area contributed by atoms with Crippen molar-refractivity contribution in [1.29, 1.82) is 10.8 Å². The zero-order valence-electron chi connectivity index (χ0n) is 31.3. The second-order valence-corrected chi connectivity index (χ2v) is 13.7. The molecule has 4 heteroatoms. The molecule has 4 nitrogen and oxygen atoms in total. The first-order valence-electron chi connectivity index (χ1n) is 18.9. The maximum Gasteiger partial charge on any atom is 0.0868 e. The van der Waals surface area contributed by atoms with Gasteiger partial charge in [0, 0.05) is 23.7 Å². The molecule has 1 aliphatic carbocycles. The van der Waals surface area contributed by atoms with Crippen molar-refractivity contribution in [3.63, 3.8) is 0 Å². The molecule has 0 amide bonds. The normalized spacial score (nSPS) is 12.2. The molecule has 7 aromatic carbocycles. The van der Waals surface area contributed by atoms with Gasteiger partial charge in [0.05, 0.1) is 11.4 Å². The molecule has 0 spiro atoms. The summed E-state index contributed by atoms with van der Waals surface area (Å²) in [7, 11) is 0. The van der Waals surface area contributed by atoms with Gasteiger partial charge in [-0.3, -0.25) is 15.8 Å². The smallest absolute Gasteiger partial charge is 0.0868 e. The van der Waals surface area contributed by atoms with Crippen LogP contribution in [0, 0.1) is 10.8 Å². The molecule has 8 aromatic rings. The fraction of sp³-hybridized carbons (Fsp3) is 0. The number of aromatic nitrogens is 1. The maximum atomic E-state index is 9.26. The second kappa shape index (κ2) is 16.8. The molecule has 9 rings (SSSR count). The summed E-state index contributed by atoms with van der Waals surface area (Å²) in [5.74, 6) is 0. The molecule has 4 N–H and O–H groups in total. The van der Waals surface area contributed by atoms with E-state index in [1.165, 1.54) is 0 Å². The zero-order valence-corrected chi connectivity index (χ0v) is 31.3. The van der Waals surface area contributed by atoms with Crippen LogP contribution < -0.4 is 5.73 Å². The molecule has 1 aliphatic rings. The lowest BCUT2D eigenvalue weighted by atomic mass is 9.79. The van der Waals surface area contributed by atoms with Crippen LogP contribution >= 0.6 is 0 Å². The van der Waals surface area contributed by atoms with Crippen LogP contribution in [0.5, 0.6) is 0 Å². The van der Waals surface area contributed by atoms with Gasteiger partial charge in [-0.15, -0.1) is 0 Å². The van der Waals surface area contributed by atoms with Gasteiger partial charge < -0.3 is 5.73 Å². The minimum atomic E-state index is 0.196. The summed E-state index contributed by atoms with van der Waals surface area (Å²) in [6.07, 6.45) is 7.59. The fourth-order valence-corrected chi connectivity index (χ4v) is 7.33. The molecule has 0 fully saturated rings. The molecule has 0 saturated heterocycles. The first kappa shape index (κ1) is 36.3. The average Bonchev–Trinajstić information content (AvgIpc) is 3.29. The lowest BCUT2D eigenvalue weighted by Crippen LogP contribution is -2.17. The summed E-state index contributed by atoms with van der Waals surface area (Å²) < 4.78 is 0. The van der Waals surface area contributed by atoms with Gasteiger partial charge in [0.2, 0.25) is 0 Å². The van der Waals surface area contributed by atoms with Crippen LogP contribution in [-0.2, 0) is 0 Å². The summed E-state index contributed by atoms with van der Waals surface area (Å²) in [5.41, 5.74) is 21.3. The molecule has 272 valence electrons. The number of nitrogens with two attached hydrogens (primary N) is 1. The molecule has 1 heterocycles. The molecule has 0 unspecified atom stereocenters. The quantitative estimate of drug-likeness (QED) is 0.113. The second-order valence-electron chi connectivity index (χ2n) is 13.7. The van der Waals surface area contributed by atoms with Gasteiger partial charge in [0.25, 0.3) is 0 Å². The lowest BCUT2D eigenvalue weighted by molar-refractivity contribution is 1.33. The van der Waals surface area contributed by atoms with Gasteiger partial charge in [-0.1, -0.05) is 176 Å². The Balaban J connectivity index is 0.000000296. The van der Waals surface area contributed by atoms with Crippen LogP contribution in [0.25, 0.3) is 66.8 Å². The van der Waals surface area contributed by atoms with E-state index in [-0.39, 0.29) is 11.4 Å². The van der Waals surface area contributed by atoms with Crippen molar-refractivity contribution < 1.29 is 0 Å². The highest BCUT2D eigenvalue weighted by atomic mass is 14.6. The van der Waals surface area contributed by atoms with E-state index in [1.54, 1.807) is 6.20 Å². The van der Waals surface area contributed by atoms with Gasteiger partial charge in [0.1, 0.15) is 0 Å². The summed E-state index contributed by atoms with van der Waals surface area (Å²) >= 11 is 0. The number of nitrogens with one attached hydrogen (secondary N) is 2. The lowest BCUT2D eigenvalue weighted by Gasteiger charge is -2.24. The molecule has 0 radical (unpaired) electrons. The van der Waals surface area contributed by atoms with Crippen molar-refractivity contribution >= 4 is 28.3 Å². The average molecular weight is 733 g/mol. The molecule has 0 saturated carbocycles.